The average Bonchev–Trinajstić information content (AvgIpc) is 3.23. The van der Waals surface area contributed by atoms with Crippen molar-refractivity contribution in [3.05, 3.63) is 59.4 Å². The quantitative estimate of drug-likeness (QED) is 0.755. The fourth-order valence-electron chi connectivity index (χ4n) is 3.86. The Morgan fingerprint density at radius 1 is 1.11 bits per heavy atom. The lowest BCUT2D eigenvalue weighted by Gasteiger charge is -2.14. The van der Waals surface area contributed by atoms with E-state index in [2.05, 4.69) is 0 Å². The summed E-state index contributed by atoms with van der Waals surface area (Å²) in [5.74, 6) is -0.579. The summed E-state index contributed by atoms with van der Waals surface area (Å²) in [6.45, 7) is -0.0738. The van der Waals surface area contributed by atoms with Gasteiger partial charge in [0.05, 0.1) is 0 Å². The molecule has 2 heterocycles. The number of carboxylic acid groups (broad SMARTS) is 1. The van der Waals surface area contributed by atoms with Gasteiger partial charge in [-0.3, -0.25) is 9.59 Å². The standard InChI is InChI=1S/C21H14FNO5/c22-13-3-1-11(2-4-13)20-14-7-18-17(27-10-28-18)6-12(14)5-15-16(20)8-23(21(15)26)9-19(24)25/h1-7H,8-10H2,(H,24,25). The number of carbonyl (C=O) groups is 2. The summed E-state index contributed by atoms with van der Waals surface area (Å²) in [5.41, 5.74) is 2.69. The van der Waals surface area contributed by atoms with E-state index in [1.807, 2.05) is 6.07 Å². The van der Waals surface area contributed by atoms with Gasteiger partial charge >= 0.3 is 5.97 Å². The third-order valence-electron chi connectivity index (χ3n) is 5.07. The highest BCUT2D eigenvalue weighted by Crippen LogP contribution is 2.44. The van der Waals surface area contributed by atoms with Crippen LogP contribution in [-0.4, -0.2) is 35.2 Å². The van der Waals surface area contributed by atoms with Gasteiger partial charge in [-0.25, -0.2) is 4.39 Å². The zero-order chi connectivity index (χ0) is 19.4. The molecule has 0 aromatic heterocycles. The van der Waals surface area contributed by atoms with E-state index in [0.29, 0.717) is 17.1 Å². The van der Waals surface area contributed by atoms with Gasteiger partial charge in [0, 0.05) is 12.1 Å². The van der Waals surface area contributed by atoms with Gasteiger partial charge in [0.15, 0.2) is 11.5 Å². The molecule has 1 amide bonds. The van der Waals surface area contributed by atoms with Crippen molar-refractivity contribution in [2.45, 2.75) is 6.54 Å². The number of ether oxygens (including phenoxy) is 2. The highest BCUT2D eigenvalue weighted by molar-refractivity contribution is 6.10. The van der Waals surface area contributed by atoms with Gasteiger partial charge < -0.3 is 19.5 Å². The van der Waals surface area contributed by atoms with E-state index in [-0.39, 0.29) is 31.6 Å². The van der Waals surface area contributed by atoms with Crippen LogP contribution < -0.4 is 9.47 Å². The number of carboxylic acids is 1. The van der Waals surface area contributed by atoms with E-state index < -0.39 is 5.97 Å². The average molecular weight is 379 g/mol. The Morgan fingerprint density at radius 3 is 2.54 bits per heavy atom. The largest absolute Gasteiger partial charge is 0.480 e. The molecule has 0 bridgehead atoms. The Bertz CT molecular complexity index is 1160. The second-order valence-corrected chi connectivity index (χ2v) is 6.77. The molecule has 0 unspecified atom stereocenters. The van der Waals surface area contributed by atoms with Crippen molar-refractivity contribution in [1.29, 1.82) is 0 Å². The third kappa shape index (κ3) is 2.47. The summed E-state index contributed by atoms with van der Waals surface area (Å²) < 4.78 is 24.4. The van der Waals surface area contributed by atoms with Gasteiger partial charge in [-0.1, -0.05) is 12.1 Å². The molecule has 3 aromatic carbocycles. The number of aliphatic carboxylic acids is 1. The lowest BCUT2D eigenvalue weighted by atomic mass is 9.90. The van der Waals surface area contributed by atoms with Crippen LogP contribution in [0.5, 0.6) is 11.5 Å². The first-order valence-corrected chi connectivity index (χ1v) is 8.67. The summed E-state index contributed by atoms with van der Waals surface area (Å²) >= 11 is 0. The van der Waals surface area contributed by atoms with Crippen LogP contribution in [0, 0.1) is 5.82 Å². The summed E-state index contributed by atoms with van der Waals surface area (Å²) in [5, 5.41) is 10.7. The van der Waals surface area contributed by atoms with Crippen LogP contribution in [0.4, 0.5) is 4.39 Å². The van der Waals surface area contributed by atoms with Crippen LogP contribution in [0.25, 0.3) is 21.9 Å². The van der Waals surface area contributed by atoms with Crippen molar-refractivity contribution in [2.24, 2.45) is 0 Å². The highest BCUT2D eigenvalue weighted by Gasteiger charge is 2.33. The fourth-order valence-corrected chi connectivity index (χ4v) is 3.86. The predicted octanol–water partition coefficient (Wildman–Crippen LogP) is 3.42. The Morgan fingerprint density at radius 2 is 1.82 bits per heavy atom. The highest BCUT2D eigenvalue weighted by atomic mass is 19.1. The molecule has 28 heavy (non-hydrogen) atoms. The van der Waals surface area contributed by atoms with E-state index in [1.54, 1.807) is 24.3 Å². The molecular weight excluding hydrogens is 365 g/mol. The zero-order valence-corrected chi connectivity index (χ0v) is 14.6. The number of benzene rings is 3. The lowest BCUT2D eigenvalue weighted by Crippen LogP contribution is -2.29. The normalized spacial score (nSPS) is 14.6. The molecule has 0 saturated carbocycles. The molecule has 7 heteroatoms. The van der Waals surface area contributed by atoms with Crippen LogP contribution in [0.2, 0.25) is 0 Å². The number of carbonyl (C=O) groups excluding carboxylic acids is 1. The summed E-state index contributed by atoms with van der Waals surface area (Å²) in [6, 6.07) is 11.4. The van der Waals surface area contributed by atoms with Crippen LogP contribution in [0.3, 0.4) is 0 Å². The Labute approximate surface area is 158 Å². The Kier molecular flexibility index (Phi) is 3.52. The molecule has 5 rings (SSSR count). The molecule has 0 radical (unpaired) electrons. The number of rotatable bonds is 3. The van der Waals surface area contributed by atoms with Gasteiger partial charge in [0.1, 0.15) is 12.4 Å². The summed E-state index contributed by atoms with van der Waals surface area (Å²) in [6.07, 6.45) is 0. The number of hydrogen-bond donors (Lipinski definition) is 1. The van der Waals surface area contributed by atoms with Crippen LogP contribution >= 0.6 is 0 Å². The molecule has 6 nitrogen and oxygen atoms in total. The van der Waals surface area contributed by atoms with E-state index in [0.717, 1.165) is 27.5 Å². The predicted molar refractivity (Wildman–Crippen MR) is 97.8 cm³/mol. The molecule has 140 valence electrons. The number of fused-ring (bicyclic) bond motifs is 3. The molecular formula is C21H14FNO5. The van der Waals surface area contributed by atoms with Crippen molar-refractivity contribution in [2.75, 3.05) is 13.3 Å². The first-order valence-electron chi connectivity index (χ1n) is 8.67. The fraction of sp³-hybridized carbons (Fsp3) is 0.143. The molecule has 0 saturated heterocycles. The molecule has 0 spiro atoms. The van der Waals surface area contributed by atoms with E-state index in [4.69, 9.17) is 14.6 Å². The first kappa shape index (κ1) is 16.6. The summed E-state index contributed by atoms with van der Waals surface area (Å²) in [7, 11) is 0. The smallest absolute Gasteiger partial charge is 0.323 e. The second-order valence-electron chi connectivity index (χ2n) is 6.77. The molecule has 2 aliphatic heterocycles. The third-order valence-corrected chi connectivity index (χ3v) is 5.07. The number of hydrogen-bond acceptors (Lipinski definition) is 4. The topological polar surface area (TPSA) is 76.1 Å². The summed E-state index contributed by atoms with van der Waals surface area (Å²) in [4.78, 5) is 25.2. The number of halogens is 1. The monoisotopic (exact) mass is 379 g/mol. The SMILES string of the molecule is O=C(O)CN1Cc2c(cc3cc4c(cc3c2-c2ccc(F)cc2)OCO4)C1=O. The van der Waals surface area contributed by atoms with Gasteiger partial charge in [-0.05, 0) is 57.8 Å². The minimum Gasteiger partial charge on any atom is -0.480 e. The van der Waals surface area contributed by atoms with Crippen molar-refractivity contribution in [3.8, 4) is 22.6 Å². The maximum atomic E-state index is 13.5. The number of nitrogens with zero attached hydrogens (tertiary/aromatic N) is 1. The van der Waals surface area contributed by atoms with Crippen molar-refractivity contribution in [1.82, 2.24) is 4.90 Å². The molecule has 2 aliphatic rings. The maximum absolute atomic E-state index is 13.5. The molecule has 3 aromatic rings. The van der Waals surface area contributed by atoms with Crippen molar-refractivity contribution >= 4 is 22.6 Å². The molecule has 0 aliphatic carbocycles. The van der Waals surface area contributed by atoms with E-state index in [9.17, 15) is 14.0 Å². The van der Waals surface area contributed by atoms with Gasteiger partial charge in [0.25, 0.3) is 5.91 Å². The van der Waals surface area contributed by atoms with Crippen LogP contribution in [-0.2, 0) is 11.3 Å². The minimum absolute atomic E-state index is 0.128. The molecule has 0 fully saturated rings. The molecule has 0 atom stereocenters. The first-order chi connectivity index (χ1) is 13.5. The second kappa shape index (κ2) is 5.95. The van der Waals surface area contributed by atoms with Crippen molar-refractivity contribution < 1.29 is 28.6 Å². The van der Waals surface area contributed by atoms with Gasteiger partial charge in [0.2, 0.25) is 6.79 Å². The van der Waals surface area contributed by atoms with Crippen LogP contribution in [0.1, 0.15) is 15.9 Å². The maximum Gasteiger partial charge on any atom is 0.323 e. The zero-order valence-electron chi connectivity index (χ0n) is 14.6. The van der Waals surface area contributed by atoms with E-state index in [1.165, 1.54) is 17.0 Å². The van der Waals surface area contributed by atoms with E-state index >= 15 is 0 Å². The van der Waals surface area contributed by atoms with Gasteiger partial charge in [-0.15, -0.1) is 0 Å². The van der Waals surface area contributed by atoms with Crippen molar-refractivity contribution in [3.63, 3.8) is 0 Å². The lowest BCUT2D eigenvalue weighted by molar-refractivity contribution is -0.137. The minimum atomic E-state index is -1.07. The van der Waals surface area contributed by atoms with Crippen LogP contribution in [0.15, 0.2) is 42.5 Å². The van der Waals surface area contributed by atoms with Gasteiger partial charge in [-0.2, -0.15) is 0 Å². The Balaban J connectivity index is 1.79. The number of amides is 1. The Hall–Kier alpha value is -3.61. The molecule has 1 N–H and O–H groups in total.